The first kappa shape index (κ1) is 21.7. The molecular weight excluding hydrogens is 424 g/mol. The van der Waals surface area contributed by atoms with Crippen LogP contribution in [0.15, 0.2) is 82.8 Å². The molecule has 32 heavy (non-hydrogen) atoms. The van der Waals surface area contributed by atoms with Gasteiger partial charge in [-0.25, -0.2) is 13.1 Å². The van der Waals surface area contributed by atoms with Crippen molar-refractivity contribution in [2.75, 3.05) is 12.4 Å². The molecule has 7 nitrogen and oxygen atoms in total. The van der Waals surface area contributed by atoms with Gasteiger partial charge in [0.15, 0.2) is 0 Å². The van der Waals surface area contributed by atoms with Crippen LogP contribution in [0, 0.1) is 5.92 Å². The van der Waals surface area contributed by atoms with Gasteiger partial charge in [-0.05, 0) is 60.3 Å². The SMILES string of the molecule is CNS(=O)(=O)c1ccccc1-c1ccc(NC(=O)[C@@H]2C[C@@H]2c2cccc(C=NN)c2)cc1. The fourth-order valence-electron chi connectivity index (χ4n) is 3.83. The number of benzene rings is 3. The monoisotopic (exact) mass is 448 g/mol. The molecule has 1 aliphatic carbocycles. The van der Waals surface area contributed by atoms with Crippen molar-refractivity contribution in [3.05, 3.63) is 83.9 Å². The molecule has 0 saturated heterocycles. The van der Waals surface area contributed by atoms with Crippen LogP contribution in [0.25, 0.3) is 11.1 Å². The summed E-state index contributed by atoms with van der Waals surface area (Å²) in [5.41, 5.74) is 4.03. The second-order valence-corrected chi connectivity index (χ2v) is 9.52. The van der Waals surface area contributed by atoms with Gasteiger partial charge in [0.25, 0.3) is 0 Å². The number of hydrogen-bond donors (Lipinski definition) is 3. The van der Waals surface area contributed by atoms with E-state index >= 15 is 0 Å². The lowest BCUT2D eigenvalue weighted by atomic mass is 10.0. The van der Waals surface area contributed by atoms with Gasteiger partial charge in [-0.1, -0.05) is 48.5 Å². The zero-order valence-electron chi connectivity index (χ0n) is 17.5. The van der Waals surface area contributed by atoms with Crippen LogP contribution in [0.4, 0.5) is 5.69 Å². The molecule has 0 spiro atoms. The van der Waals surface area contributed by atoms with Crippen LogP contribution in [0.3, 0.4) is 0 Å². The van der Waals surface area contributed by atoms with Gasteiger partial charge in [-0.15, -0.1) is 0 Å². The number of nitrogens with two attached hydrogens (primary N) is 1. The maximum Gasteiger partial charge on any atom is 0.240 e. The molecular formula is C24H24N4O3S. The Morgan fingerprint density at radius 3 is 2.53 bits per heavy atom. The van der Waals surface area contributed by atoms with Gasteiger partial charge < -0.3 is 11.2 Å². The third kappa shape index (κ3) is 4.56. The van der Waals surface area contributed by atoms with Crippen LogP contribution >= 0.6 is 0 Å². The summed E-state index contributed by atoms with van der Waals surface area (Å²) < 4.78 is 27.0. The Morgan fingerprint density at radius 2 is 1.81 bits per heavy atom. The maximum absolute atomic E-state index is 12.7. The number of sulfonamides is 1. The average Bonchev–Trinajstić information content (AvgIpc) is 3.61. The Bertz CT molecular complexity index is 1270. The predicted octanol–water partition coefficient (Wildman–Crippen LogP) is 3.30. The molecule has 1 fully saturated rings. The topological polar surface area (TPSA) is 114 Å². The van der Waals surface area contributed by atoms with E-state index in [1.807, 2.05) is 24.3 Å². The number of anilines is 1. The second kappa shape index (κ2) is 8.94. The normalized spacial score (nSPS) is 17.9. The van der Waals surface area contributed by atoms with Crippen molar-refractivity contribution in [1.29, 1.82) is 0 Å². The maximum atomic E-state index is 12.7. The largest absolute Gasteiger partial charge is 0.326 e. The van der Waals surface area contributed by atoms with Crippen molar-refractivity contribution < 1.29 is 13.2 Å². The fraction of sp³-hybridized carbons (Fsp3) is 0.167. The average molecular weight is 449 g/mol. The minimum atomic E-state index is -3.58. The molecule has 0 heterocycles. The summed E-state index contributed by atoms with van der Waals surface area (Å²) in [6.45, 7) is 0. The van der Waals surface area contributed by atoms with E-state index in [1.54, 1.807) is 54.7 Å². The molecule has 0 unspecified atom stereocenters. The van der Waals surface area contributed by atoms with Gasteiger partial charge in [0.1, 0.15) is 0 Å². The summed E-state index contributed by atoms with van der Waals surface area (Å²) in [7, 11) is -2.20. The molecule has 164 valence electrons. The van der Waals surface area contributed by atoms with Crippen molar-refractivity contribution in [3.63, 3.8) is 0 Å². The number of nitrogens with one attached hydrogen (secondary N) is 2. The molecule has 8 heteroatoms. The van der Waals surface area contributed by atoms with Crippen LogP contribution < -0.4 is 15.9 Å². The van der Waals surface area contributed by atoms with E-state index < -0.39 is 10.0 Å². The minimum absolute atomic E-state index is 0.0289. The van der Waals surface area contributed by atoms with E-state index in [0.717, 1.165) is 23.1 Å². The molecule has 0 bridgehead atoms. The highest BCUT2D eigenvalue weighted by molar-refractivity contribution is 7.89. The summed E-state index contributed by atoms with van der Waals surface area (Å²) in [5, 5.41) is 6.51. The Balaban J connectivity index is 1.46. The highest BCUT2D eigenvalue weighted by Gasteiger charge is 2.43. The molecule has 4 rings (SSSR count). The van der Waals surface area contributed by atoms with E-state index in [9.17, 15) is 13.2 Å². The van der Waals surface area contributed by atoms with Gasteiger partial charge in [0, 0.05) is 17.2 Å². The Labute approximate surface area is 187 Å². The number of hydrazone groups is 1. The first-order valence-corrected chi connectivity index (χ1v) is 11.7. The highest BCUT2D eigenvalue weighted by Crippen LogP contribution is 2.48. The van der Waals surface area contributed by atoms with E-state index in [4.69, 9.17) is 5.84 Å². The van der Waals surface area contributed by atoms with E-state index in [1.165, 1.54) is 7.05 Å². The zero-order chi connectivity index (χ0) is 22.7. The third-order valence-electron chi connectivity index (χ3n) is 5.60. The van der Waals surface area contributed by atoms with Crippen LogP contribution in [0.5, 0.6) is 0 Å². The minimum Gasteiger partial charge on any atom is -0.326 e. The van der Waals surface area contributed by atoms with Crippen LogP contribution in [-0.4, -0.2) is 27.6 Å². The molecule has 1 aliphatic rings. The van der Waals surface area contributed by atoms with Crippen molar-refractivity contribution in [2.24, 2.45) is 16.9 Å². The van der Waals surface area contributed by atoms with E-state index in [2.05, 4.69) is 15.1 Å². The number of amides is 1. The number of carbonyl (C=O) groups excluding carboxylic acids is 1. The predicted molar refractivity (Wildman–Crippen MR) is 126 cm³/mol. The molecule has 3 aromatic rings. The summed E-state index contributed by atoms with van der Waals surface area (Å²) in [6, 6.07) is 21.8. The summed E-state index contributed by atoms with van der Waals surface area (Å²) >= 11 is 0. The molecule has 0 radical (unpaired) electrons. The summed E-state index contributed by atoms with van der Waals surface area (Å²) in [5.74, 6) is 5.29. The van der Waals surface area contributed by atoms with Crippen LogP contribution in [-0.2, 0) is 14.8 Å². The van der Waals surface area contributed by atoms with Gasteiger partial charge in [0.2, 0.25) is 15.9 Å². The van der Waals surface area contributed by atoms with Crippen molar-refractivity contribution >= 4 is 27.8 Å². The first-order chi connectivity index (χ1) is 15.4. The van der Waals surface area contributed by atoms with Crippen molar-refractivity contribution in [3.8, 4) is 11.1 Å². The second-order valence-electron chi connectivity index (χ2n) is 7.67. The lowest BCUT2D eigenvalue weighted by molar-refractivity contribution is -0.117. The molecule has 1 amide bonds. The molecule has 0 aliphatic heterocycles. The highest BCUT2D eigenvalue weighted by atomic mass is 32.2. The Kier molecular flexibility index (Phi) is 6.07. The summed E-state index contributed by atoms with van der Waals surface area (Å²) in [4.78, 5) is 12.9. The van der Waals surface area contributed by atoms with Gasteiger partial charge >= 0.3 is 0 Å². The van der Waals surface area contributed by atoms with Crippen LogP contribution in [0.2, 0.25) is 0 Å². The number of rotatable bonds is 7. The van der Waals surface area contributed by atoms with Crippen LogP contribution in [0.1, 0.15) is 23.5 Å². The van der Waals surface area contributed by atoms with Gasteiger partial charge in [-0.2, -0.15) is 5.10 Å². The smallest absolute Gasteiger partial charge is 0.240 e. The quantitative estimate of drug-likeness (QED) is 0.292. The fourth-order valence-corrected chi connectivity index (χ4v) is 4.78. The Hall–Kier alpha value is -3.49. The molecule has 0 aromatic heterocycles. The number of nitrogens with zero attached hydrogens (tertiary/aromatic N) is 1. The molecule has 4 N–H and O–H groups in total. The Morgan fingerprint density at radius 1 is 1.06 bits per heavy atom. The van der Waals surface area contributed by atoms with Gasteiger partial charge in [0.05, 0.1) is 11.1 Å². The van der Waals surface area contributed by atoms with E-state index in [0.29, 0.717) is 11.3 Å². The first-order valence-electron chi connectivity index (χ1n) is 10.2. The third-order valence-corrected chi connectivity index (χ3v) is 7.07. The summed E-state index contributed by atoms with van der Waals surface area (Å²) in [6.07, 6.45) is 2.38. The van der Waals surface area contributed by atoms with Gasteiger partial charge in [-0.3, -0.25) is 4.79 Å². The zero-order valence-corrected chi connectivity index (χ0v) is 18.3. The lowest BCUT2D eigenvalue weighted by Gasteiger charge is -2.11. The van der Waals surface area contributed by atoms with Crippen molar-refractivity contribution in [1.82, 2.24) is 4.72 Å². The molecule has 1 saturated carbocycles. The number of carbonyl (C=O) groups is 1. The lowest BCUT2D eigenvalue weighted by Crippen LogP contribution is -2.19. The number of hydrogen-bond acceptors (Lipinski definition) is 5. The van der Waals surface area contributed by atoms with E-state index in [-0.39, 0.29) is 22.6 Å². The van der Waals surface area contributed by atoms with Crippen molar-refractivity contribution in [2.45, 2.75) is 17.2 Å². The molecule has 3 aromatic carbocycles. The standard InChI is InChI=1S/C24H24N4O3S/c1-26-32(30,31)23-8-3-2-7-20(23)17-9-11-19(12-10-17)28-24(29)22-14-21(22)18-6-4-5-16(13-18)15-27-25/h2-13,15,21-22,26H,14,25H2,1H3,(H,28,29)/t21-,22-/m1/s1. The molecule has 2 atom stereocenters.